The maximum Gasteiger partial charge on any atom is 0.240 e. The van der Waals surface area contributed by atoms with E-state index in [1.54, 1.807) is 36.1 Å². The van der Waals surface area contributed by atoms with Crippen LogP contribution in [0.25, 0.3) is 0 Å². The molecule has 0 spiro atoms. The van der Waals surface area contributed by atoms with Gasteiger partial charge in [-0.05, 0) is 54.8 Å². The first-order valence-electron chi connectivity index (χ1n) is 9.50. The average Bonchev–Trinajstić information content (AvgIpc) is 3.16. The highest BCUT2D eigenvalue weighted by Gasteiger charge is 2.24. The monoisotopic (exact) mass is 434 g/mol. The molecule has 0 bridgehead atoms. The minimum atomic E-state index is -3.76. The van der Waals surface area contributed by atoms with E-state index >= 15 is 0 Å². The maximum atomic E-state index is 12.8. The van der Waals surface area contributed by atoms with Gasteiger partial charge in [-0.25, -0.2) is 13.1 Å². The molecule has 162 valence electrons. The molecule has 1 fully saturated rings. The van der Waals surface area contributed by atoms with E-state index in [0.717, 1.165) is 17.7 Å². The zero-order chi connectivity index (χ0) is 21.9. The molecular formula is C21H26N2O6S. The number of nitrogens with zero attached hydrogens (tertiary/aromatic N) is 1. The third-order valence-corrected chi connectivity index (χ3v) is 6.43. The first kappa shape index (κ1) is 21.9. The van der Waals surface area contributed by atoms with Gasteiger partial charge in [-0.2, -0.15) is 0 Å². The number of ether oxygens (including phenoxy) is 3. The molecule has 8 nitrogen and oxygen atoms in total. The maximum absolute atomic E-state index is 12.8. The summed E-state index contributed by atoms with van der Waals surface area (Å²) in [6.07, 6.45) is 1.34. The molecule has 9 heteroatoms. The van der Waals surface area contributed by atoms with Crippen molar-refractivity contribution in [2.75, 3.05) is 32.8 Å². The molecule has 0 aromatic heterocycles. The fraction of sp³-hybridized carbons (Fsp3) is 0.381. The number of rotatable bonds is 8. The Hall–Kier alpha value is -2.78. The molecule has 1 aliphatic heterocycles. The Balaban J connectivity index is 1.80. The van der Waals surface area contributed by atoms with Crippen molar-refractivity contribution < 1.29 is 27.4 Å². The number of carbonyl (C=O) groups excluding carboxylic acids is 1. The Morgan fingerprint density at radius 2 is 1.70 bits per heavy atom. The quantitative estimate of drug-likeness (QED) is 0.686. The lowest BCUT2D eigenvalue weighted by atomic mass is 10.2. The van der Waals surface area contributed by atoms with Crippen LogP contribution in [-0.2, 0) is 21.4 Å². The predicted octanol–water partition coefficient (Wildman–Crippen LogP) is 2.63. The molecule has 1 amide bonds. The minimum Gasteiger partial charge on any atom is -0.493 e. The number of carbonyl (C=O) groups is 1. The highest BCUT2D eigenvalue weighted by molar-refractivity contribution is 7.89. The van der Waals surface area contributed by atoms with E-state index in [1.165, 1.54) is 27.4 Å². The summed E-state index contributed by atoms with van der Waals surface area (Å²) in [5.74, 6) is 1.39. The van der Waals surface area contributed by atoms with Gasteiger partial charge < -0.3 is 19.1 Å². The molecule has 1 N–H and O–H groups in total. The number of aryl methyl sites for hydroxylation is 1. The Morgan fingerprint density at radius 3 is 2.20 bits per heavy atom. The standard InChI is InChI=1S/C21H26N2O6S/c1-14-10-16(7-8-17(14)23-9-5-6-20(23)24)30(25,26)22-13-15-11-18(27-2)21(29-4)19(12-15)28-3/h7-8,10-12,22H,5-6,9,13H2,1-4H3. The highest BCUT2D eigenvalue weighted by atomic mass is 32.2. The van der Waals surface area contributed by atoms with Gasteiger partial charge in [0.05, 0.1) is 26.2 Å². The van der Waals surface area contributed by atoms with Crippen LogP contribution in [0.5, 0.6) is 17.2 Å². The number of hydrogen-bond acceptors (Lipinski definition) is 6. The van der Waals surface area contributed by atoms with E-state index in [4.69, 9.17) is 14.2 Å². The van der Waals surface area contributed by atoms with Crippen molar-refractivity contribution in [1.29, 1.82) is 0 Å². The summed E-state index contributed by atoms with van der Waals surface area (Å²) in [4.78, 5) is 13.8. The van der Waals surface area contributed by atoms with Crippen molar-refractivity contribution in [1.82, 2.24) is 4.72 Å². The highest BCUT2D eigenvalue weighted by Crippen LogP contribution is 2.38. The molecule has 0 atom stereocenters. The third-order valence-electron chi connectivity index (χ3n) is 5.03. The Morgan fingerprint density at radius 1 is 1.03 bits per heavy atom. The van der Waals surface area contributed by atoms with Crippen LogP contribution in [0.15, 0.2) is 35.2 Å². The first-order valence-corrected chi connectivity index (χ1v) is 11.0. The van der Waals surface area contributed by atoms with Crippen LogP contribution in [0.4, 0.5) is 5.69 Å². The van der Waals surface area contributed by atoms with Gasteiger partial charge >= 0.3 is 0 Å². The van der Waals surface area contributed by atoms with E-state index in [9.17, 15) is 13.2 Å². The van der Waals surface area contributed by atoms with Gasteiger partial charge in [0.15, 0.2) is 11.5 Å². The molecule has 0 radical (unpaired) electrons. The molecule has 2 aromatic carbocycles. The van der Waals surface area contributed by atoms with Gasteiger partial charge in [0, 0.05) is 25.2 Å². The second kappa shape index (κ2) is 8.93. The Bertz CT molecular complexity index is 1030. The van der Waals surface area contributed by atoms with Gasteiger partial charge in [0.2, 0.25) is 21.7 Å². The topological polar surface area (TPSA) is 94.2 Å². The first-order chi connectivity index (χ1) is 14.3. The van der Waals surface area contributed by atoms with Crippen LogP contribution < -0.4 is 23.8 Å². The number of anilines is 1. The normalized spacial score (nSPS) is 14.1. The van der Waals surface area contributed by atoms with E-state index in [0.29, 0.717) is 35.8 Å². The van der Waals surface area contributed by atoms with Crippen LogP contribution in [0.1, 0.15) is 24.0 Å². The van der Waals surface area contributed by atoms with Crippen LogP contribution in [0, 0.1) is 6.92 Å². The van der Waals surface area contributed by atoms with Crippen LogP contribution in [0.2, 0.25) is 0 Å². The van der Waals surface area contributed by atoms with Gasteiger partial charge in [-0.15, -0.1) is 0 Å². The van der Waals surface area contributed by atoms with E-state index in [-0.39, 0.29) is 17.3 Å². The Labute approximate surface area is 176 Å². The van der Waals surface area contributed by atoms with Crippen molar-refractivity contribution in [3.05, 3.63) is 41.5 Å². The van der Waals surface area contributed by atoms with Crippen molar-refractivity contribution in [3.63, 3.8) is 0 Å². The molecule has 1 heterocycles. The van der Waals surface area contributed by atoms with Crippen molar-refractivity contribution in [2.45, 2.75) is 31.2 Å². The van der Waals surface area contributed by atoms with E-state index in [1.807, 2.05) is 0 Å². The zero-order valence-electron chi connectivity index (χ0n) is 17.5. The summed E-state index contributed by atoms with van der Waals surface area (Å²) in [5.41, 5.74) is 2.14. The molecule has 2 aromatic rings. The molecule has 1 saturated heterocycles. The number of amides is 1. The molecule has 0 unspecified atom stereocenters. The Kier molecular flexibility index (Phi) is 6.52. The van der Waals surface area contributed by atoms with Gasteiger partial charge in [-0.3, -0.25) is 4.79 Å². The lowest BCUT2D eigenvalue weighted by Gasteiger charge is -2.19. The molecule has 0 aliphatic carbocycles. The fourth-order valence-electron chi connectivity index (χ4n) is 3.50. The largest absolute Gasteiger partial charge is 0.493 e. The number of benzene rings is 2. The number of nitrogens with one attached hydrogen (secondary N) is 1. The second-order valence-corrected chi connectivity index (χ2v) is 8.72. The summed E-state index contributed by atoms with van der Waals surface area (Å²) in [5, 5.41) is 0. The zero-order valence-corrected chi connectivity index (χ0v) is 18.3. The summed E-state index contributed by atoms with van der Waals surface area (Å²) in [6, 6.07) is 8.17. The molecule has 3 rings (SSSR count). The number of sulfonamides is 1. The van der Waals surface area contributed by atoms with Crippen molar-refractivity contribution in [2.24, 2.45) is 0 Å². The summed E-state index contributed by atoms with van der Waals surface area (Å²) in [6.45, 7) is 2.51. The smallest absolute Gasteiger partial charge is 0.240 e. The number of hydrogen-bond donors (Lipinski definition) is 1. The number of methoxy groups -OCH3 is 3. The van der Waals surface area contributed by atoms with Crippen LogP contribution >= 0.6 is 0 Å². The van der Waals surface area contributed by atoms with Gasteiger partial charge in [0.1, 0.15) is 0 Å². The van der Waals surface area contributed by atoms with E-state index < -0.39 is 10.0 Å². The molecule has 0 saturated carbocycles. The van der Waals surface area contributed by atoms with Crippen LogP contribution in [0.3, 0.4) is 0 Å². The van der Waals surface area contributed by atoms with Gasteiger partial charge in [0.25, 0.3) is 0 Å². The second-order valence-electron chi connectivity index (χ2n) is 6.96. The summed E-state index contributed by atoms with van der Waals surface area (Å²) in [7, 11) is 0.750. The van der Waals surface area contributed by atoms with Crippen molar-refractivity contribution >= 4 is 21.6 Å². The lowest BCUT2D eigenvalue weighted by Crippen LogP contribution is -2.26. The third kappa shape index (κ3) is 4.36. The van der Waals surface area contributed by atoms with Crippen molar-refractivity contribution in [3.8, 4) is 17.2 Å². The molecular weight excluding hydrogens is 408 g/mol. The summed E-state index contributed by atoms with van der Waals surface area (Å²) >= 11 is 0. The minimum absolute atomic E-state index is 0.0461. The van der Waals surface area contributed by atoms with E-state index in [2.05, 4.69) is 4.72 Å². The average molecular weight is 435 g/mol. The fourth-order valence-corrected chi connectivity index (χ4v) is 4.60. The predicted molar refractivity (Wildman–Crippen MR) is 113 cm³/mol. The lowest BCUT2D eigenvalue weighted by molar-refractivity contribution is -0.117. The molecule has 1 aliphatic rings. The van der Waals surface area contributed by atoms with Gasteiger partial charge in [-0.1, -0.05) is 0 Å². The SMILES string of the molecule is COc1cc(CNS(=O)(=O)c2ccc(N3CCCC3=O)c(C)c2)cc(OC)c1OC. The molecule has 30 heavy (non-hydrogen) atoms. The summed E-state index contributed by atoms with van der Waals surface area (Å²) < 4.78 is 44.1. The van der Waals surface area contributed by atoms with Crippen LogP contribution in [-0.4, -0.2) is 42.2 Å².